The summed E-state index contributed by atoms with van der Waals surface area (Å²) in [5.41, 5.74) is 0.275. The molecule has 2 nitrogen and oxygen atoms in total. The maximum Gasteiger partial charge on any atom is 0.165 e. The van der Waals surface area contributed by atoms with Crippen LogP contribution in [0.2, 0.25) is 0 Å². The summed E-state index contributed by atoms with van der Waals surface area (Å²) in [6, 6.07) is 3.04. The van der Waals surface area contributed by atoms with Crippen molar-refractivity contribution in [3.63, 3.8) is 0 Å². The smallest absolute Gasteiger partial charge is 0.165 e. The predicted molar refractivity (Wildman–Crippen MR) is 67.7 cm³/mol. The third kappa shape index (κ3) is 3.83. The molecule has 0 amide bonds. The first kappa shape index (κ1) is 14.1. The van der Waals surface area contributed by atoms with E-state index in [1.165, 1.54) is 0 Å². The second-order valence-electron chi connectivity index (χ2n) is 5.26. The standard InChI is InChI=1S/C15H18F2O2/c16-12-6-10(7-13(17)9-12)8-14(18)15(19)11-4-2-1-3-5-11/h6-7,9,11,15,19H,1-5,8H2. The van der Waals surface area contributed by atoms with Gasteiger partial charge in [-0.3, -0.25) is 4.79 Å². The molecule has 1 saturated carbocycles. The van der Waals surface area contributed by atoms with E-state index in [-0.39, 0.29) is 23.7 Å². The molecule has 1 N–H and O–H groups in total. The van der Waals surface area contributed by atoms with Crippen molar-refractivity contribution in [3.8, 4) is 0 Å². The third-order valence-electron chi connectivity index (χ3n) is 3.73. The highest BCUT2D eigenvalue weighted by Crippen LogP contribution is 2.27. The normalized spacial score (nSPS) is 18.3. The minimum absolute atomic E-state index is 0.000318. The van der Waals surface area contributed by atoms with Gasteiger partial charge in [-0.25, -0.2) is 8.78 Å². The van der Waals surface area contributed by atoms with Crippen molar-refractivity contribution < 1.29 is 18.7 Å². The van der Waals surface area contributed by atoms with Crippen LogP contribution < -0.4 is 0 Å². The fourth-order valence-electron chi connectivity index (χ4n) is 2.73. The van der Waals surface area contributed by atoms with E-state index < -0.39 is 17.7 Å². The van der Waals surface area contributed by atoms with Crippen LogP contribution >= 0.6 is 0 Å². The van der Waals surface area contributed by atoms with Gasteiger partial charge in [-0.2, -0.15) is 0 Å². The Balaban J connectivity index is 1.99. The first-order chi connectivity index (χ1) is 9.06. The second-order valence-corrected chi connectivity index (χ2v) is 5.26. The van der Waals surface area contributed by atoms with Crippen molar-refractivity contribution in [2.75, 3.05) is 0 Å². The summed E-state index contributed by atoms with van der Waals surface area (Å²) in [5.74, 6) is -1.75. The molecule has 0 bridgehead atoms. The molecule has 0 spiro atoms. The molecular formula is C15H18F2O2. The van der Waals surface area contributed by atoms with E-state index in [2.05, 4.69) is 0 Å². The molecule has 104 valence electrons. The number of hydrogen-bond acceptors (Lipinski definition) is 2. The van der Waals surface area contributed by atoms with E-state index in [1.54, 1.807) is 0 Å². The quantitative estimate of drug-likeness (QED) is 0.911. The van der Waals surface area contributed by atoms with Crippen LogP contribution in [0, 0.1) is 17.6 Å². The number of Topliss-reactive ketones (excluding diaryl/α,β-unsaturated/α-hetero) is 1. The molecule has 1 atom stereocenters. The summed E-state index contributed by atoms with van der Waals surface area (Å²) in [6.45, 7) is 0. The van der Waals surface area contributed by atoms with Crippen LogP contribution in [0.4, 0.5) is 8.78 Å². The van der Waals surface area contributed by atoms with Crippen molar-refractivity contribution in [1.82, 2.24) is 0 Å². The molecule has 0 heterocycles. The third-order valence-corrected chi connectivity index (χ3v) is 3.73. The molecule has 0 aromatic heterocycles. The van der Waals surface area contributed by atoms with Gasteiger partial charge in [0.15, 0.2) is 5.78 Å². The zero-order valence-corrected chi connectivity index (χ0v) is 10.7. The second kappa shape index (κ2) is 6.24. The Kier molecular flexibility index (Phi) is 4.64. The maximum absolute atomic E-state index is 13.0. The summed E-state index contributed by atoms with van der Waals surface area (Å²) in [5, 5.41) is 10.0. The van der Waals surface area contributed by atoms with Crippen molar-refractivity contribution in [2.45, 2.75) is 44.6 Å². The Morgan fingerprint density at radius 2 is 1.74 bits per heavy atom. The first-order valence-electron chi connectivity index (χ1n) is 6.72. The summed E-state index contributed by atoms with van der Waals surface area (Å²) < 4.78 is 26.0. The molecule has 2 rings (SSSR count). The molecule has 1 aromatic carbocycles. The molecule has 1 aromatic rings. The Bertz CT molecular complexity index is 433. The molecule has 1 unspecified atom stereocenters. The first-order valence-corrected chi connectivity index (χ1v) is 6.72. The number of aliphatic hydroxyl groups excluding tert-OH is 1. The van der Waals surface area contributed by atoms with Crippen LogP contribution in [-0.2, 0) is 11.2 Å². The summed E-state index contributed by atoms with van der Waals surface area (Å²) in [7, 11) is 0. The molecule has 0 aliphatic heterocycles. The van der Waals surface area contributed by atoms with Gasteiger partial charge in [0.2, 0.25) is 0 Å². The monoisotopic (exact) mass is 268 g/mol. The van der Waals surface area contributed by atoms with Gasteiger partial charge in [-0.05, 0) is 36.5 Å². The molecular weight excluding hydrogens is 250 g/mol. The maximum atomic E-state index is 13.0. The van der Waals surface area contributed by atoms with E-state index in [0.717, 1.165) is 50.3 Å². The van der Waals surface area contributed by atoms with Crippen LogP contribution in [0.15, 0.2) is 18.2 Å². The molecule has 1 aliphatic carbocycles. The zero-order valence-electron chi connectivity index (χ0n) is 10.7. The van der Waals surface area contributed by atoms with E-state index >= 15 is 0 Å². The predicted octanol–water partition coefficient (Wildman–Crippen LogP) is 3.02. The van der Waals surface area contributed by atoms with E-state index in [9.17, 15) is 18.7 Å². The SMILES string of the molecule is O=C(Cc1cc(F)cc(F)c1)C(O)C1CCCCC1. The molecule has 0 saturated heterocycles. The van der Waals surface area contributed by atoms with Gasteiger partial charge in [-0.1, -0.05) is 19.3 Å². The number of benzene rings is 1. The minimum Gasteiger partial charge on any atom is -0.385 e. The van der Waals surface area contributed by atoms with E-state index in [0.29, 0.717) is 0 Å². The van der Waals surface area contributed by atoms with Crippen molar-refractivity contribution in [1.29, 1.82) is 0 Å². The fraction of sp³-hybridized carbons (Fsp3) is 0.533. The summed E-state index contributed by atoms with van der Waals surface area (Å²) in [4.78, 5) is 11.9. The molecule has 4 heteroatoms. The lowest BCUT2D eigenvalue weighted by Gasteiger charge is -2.25. The van der Waals surface area contributed by atoms with Crippen LogP contribution in [0.25, 0.3) is 0 Å². The minimum atomic E-state index is -1.01. The van der Waals surface area contributed by atoms with E-state index in [4.69, 9.17) is 0 Å². The molecule has 1 fully saturated rings. The Morgan fingerprint density at radius 3 is 2.32 bits per heavy atom. The van der Waals surface area contributed by atoms with Crippen LogP contribution in [-0.4, -0.2) is 17.0 Å². The number of ketones is 1. The number of rotatable bonds is 4. The van der Waals surface area contributed by atoms with Gasteiger partial charge in [0.05, 0.1) is 0 Å². The highest BCUT2D eigenvalue weighted by molar-refractivity contribution is 5.85. The van der Waals surface area contributed by atoms with Crippen molar-refractivity contribution in [2.24, 2.45) is 5.92 Å². The van der Waals surface area contributed by atoms with Crippen LogP contribution in [0.1, 0.15) is 37.7 Å². The van der Waals surface area contributed by atoms with Gasteiger partial charge < -0.3 is 5.11 Å². The summed E-state index contributed by atoms with van der Waals surface area (Å²) >= 11 is 0. The van der Waals surface area contributed by atoms with Gasteiger partial charge >= 0.3 is 0 Å². The van der Waals surface area contributed by atoms with Gasteiger partial charge in [0.1, 0.15) is 17.7 Å². The lowest BCUT2D eigenvalue weighted by molar-refractivity contribution is -0.129. The number of hydrogen-bond donors (Lipinski definition) is 1. The number of halogens is 2. The Labute approximate surface area is 111 Å². The number of carbonyl (C=O) groups is 1. The molecule has 1 aliphatic rings. The van der Waals surface area contributed by atoms with Crippen molar-refractivity contribution >= 4 is 5.78 Å². The summed E-state index contributed by atoms with van der Waals surface area (Å²) in [6.07, 6.45) is 3.78. The van der Waals surface area contributed by atoms with Crippen LogP contribution in [0.3, 0.4) is 0 Å². The topological polar surface area (TPSA) is 37.3 Å². The number of aliphatic hydroxyl groups is 1. The highest BCUT2D eigenvalue weighted by Gasteiger charge is 2.27. The van der Waals surface area contributed by atoms with Gasteiger partial charge in [0, 0.05) is 12.5 Å². The molecule has 0 radical (unpaired) electrons. The van der Waals surface area contributed by atoms with Gasteiger partial charge in [-0.15, -0.1) is 0 Å². The average molecular weight is 268 g/mol. The fourth-order valence-corrected chi connectivity index (χ4v) is 2.73. The number of carbonyl (C=O) groups excluding carboxylic acids is 1. The lowest BCUT2D eigenvalue weighted by Crippen LogP contribution is -2.32. The largest absolute Gasteiger partial charge is 0.385 e. The zero-order chi connectivity index (χ0) is 13.8. The highest BCUT2D eigenvalue weighted by atomic mass is 19.1. The van der Waals surface area contributed by atoms with Crippen LogP contribution in [0.5, 0.6) is 0 Å². The Morgan fingerprint density at radius 1 is 1.16 bits per heavy atom. The lowest BCUT2D eigenvalue weighted by atomic mass is 9.83. The molecule has 19 heavy (non-hydrogen) atoms. The van der Waals surface area contributed by atoms with Gasteiger partial charge in [0.25, 0.3) is 0 Å². The Hall–Kier alpha value is -1.29. The average Bonchev–Trinajstić information content (AvgIpc) is 2.37. The van der Waals surface area contributed by atoms with E-state index in [1.807, 2.05) is 0 Å². The van der Waals surface area contributed by atoms with Crippen molar-refractivity contribution in [3.05, 3.63) is 35.4 Å².